The minimum Gasteiger partial charge on any atom is -0.299 e. The van der Waals surface area contributed by atoms with Gasteiger partial charge in [-0.05, 0) is 42.2 Å². The smallest absolute Gasteiger partial charge is 0.265 e. The fraction of sp³-hybridized carbons (Fsp3) is 0.611. The van der Waals surface area contributed by atoms with Crippen LogP contribution in [0.3, 0.4) is 0 Å². The second-order valence-corrected chi connectivity index (χ2v) is 9.25. The summed E-state index contributed by atoms with van der Waals surface area (Å²) in [5, 5.41) is 0. The lowest BCUT2D eigenvalue weighted by Gasteiger charge is -2.35. The summed E-state index contributed by atoms with van der Waals surface area (Å²) < 4.78 is 31.0. The normalized spacial score (nSPS) is 27.7. The van der Waals surface area contributed by atoms with Gasteiger partial charge in [0.05, 0.1) is 11.2 Å². The van der Waals surface area contributed by atoms with Crippen molar-refractivity contribution < 1.29 is 17.8 Å². The molecule has 0 aliphatic heterocycles. The number of thiol groups is 1. The van der Waals surface area contributed by atoms with E-state index in [0.29, 0.717) is 12.8 Å². The fourth-order valence-electron chi connectivity index (χ4n) is 4.21. The van der Waals surface area contributed by atoms with Gasteiger partial charge in [0, 0.05) is 12.2 Å². The number of fused-ring (bicyclic) bond motifs is 2. The number of aryl methyl sites for hydroxylation is 1. The number of Topliss-reactive ketones (excluding diaryl/α,β-unsaturated/α-hetero) is 1. The van der Waals surface area contributed by atoms with Crippen LogP contribution in [0.15, 0.2) is 24.3 Å². The summed E-state index contributed by atoms with van der Waals surface area (Å²) in [6.45, 7) is 5.99. The topological polar surface area (TPSA) is 71.4 Å². The molecule has 1 aromatic carbocycles. The van der Waals surface area contributed by atoms with Crippen molar-refractivity contribution in [2.24, 2.45) is 16.7 Å². The zero-order valence-corrected chi connectivity index (χ0v) is 16.2. The standard InChI is InChI=1S/C10H16O4S.C8H10S/c1-9(2)7-3-4-10(9,8(11)5-7)6-15(12,13)14;1-7-4-2-3-5-8(7)6-9/h7H,3-6H2,1-2H3,(H,12,13,14);2-5,9H,6H2,1H3. The first-order chi connectivity index (χ1) is 11.0. The van der Waals surface area contributed by atoms with Crippen molar-refractivity contribution in [3.8, 4) is 0 Å². The van der Waals surface area contributed by atoms with E-state index in [1.165, 1.54) is 11.1 Å². The van der Waals surface area contributed by atoms with Gasteiger partial charge in [-0.2, -0.15) is 21.0 Å². The summed E-state index contributed by atoms with van der Waals surface area (Å²) in [5.74, 6) is 0.739. The Hall–Kier alpha value is -0.850. The highest BCUT2D eigenvalue weighted by Gasteiger charge is 2.65. The van der Waals surface area contributed by atoms with Gasteiger partial charge in [0.25, 0.3) is 10.1 Å². The van der Waals surface area contributed by atoms with E-state index >= 15 is 0 Å². The molecule has 2 unspecified atom stereocenters. The van der Waals surface area contributed by atoms with Crippen molar-refractivity contribution >= 4 is 28.5 Å². The Bertz CT molecular complexity index is 724. The molecule has 3 rings (SSSR count). The van der Waals surface area contributed by atoms with Crippen LogP contribution in [-0.4, -0.2) is 24.5 Å². The van der Waals surface area contributed by atoms with Crippen molar-refractivity contribution in [1.82, 2.24) is 0 Å². The van der Waals surface area contributed by atoms with Gasteiger partial charge in [-0.1, -0.05) is 38.1 Å². The summed E-state index contributed by atoms with van der Waals surface area (Å²) in [6.07, 6.45) is 1.97. The monoisotopic (exact) mass is 370 g/mol. The third kappa shape index (κ3) is 3.55. The predicted molar refractivity (Wildman–Crippen MR) is 98.8 cm³/mol. The minimum atomic E-state index is -4.08. The van der Waals surface area contributed by atoms with Crippen LogP contribution >= 0.6 is 12.6 Å². The van der Waals surface area contributed by atoms with E-state index in [4.69, 9.17) is 4.55 Å². The molecule has 0 aromatic heterocycles. The maximum absolute atomic E-state index is 11.9. The van der Waals surface area contributed by atoms with Crippen molar-refractivity contribution in [2.75, 3.05) is 5.75 Å². The first-order valence-electron chi connectivity index (χ1n) is 8.17. The molecule has 2 fully saturated rings. The maximum atomic E-state index is 11.9. The molecule has 0 amide bonds. The Balaban J connectivity index is 0.000000198. The summed E-state index contributed by atoms with van der Waals surface area (Å²) in [4.78, 5) is 11.9. The minimum absolute atomic E-state index is 0.0152. The van der Waals surface area contributed by atoms with Gasteiger partial charge in [0.15, 0.2) is 0 Å². The lowest BCUT2D eigenvalue weighted by atomic mass is 9.70. The van der Waals surface area contributed by atoms with E-state index in [-0.39, 0.29) is 17.1 Å². The molecule has 6 heteroatoms. The molecular formula is C18H26O4S2. The number of benzene rings is 1. The van der Waals surface area contributed by atoms with Gasteiger partial charge in [-0.25, -0.2) is 0 Å². The fourth-order valence-corrected chi connectivity index (χ4v) is 5.86. The largest absolute Gasteiger partial charge is 0.299 e. The van der Waals surface area contributed by atoms with Crippen molar-refractivity contribution in [3.05, 3.63) is 35.4 Å². The quantitative estimate of drug-likeness (QED) is 0.629. The average Bonchev–Trinajstić information content (AvgIpc) is 2.81. The van der Waals surface area contributed by atoms with E-state index in [0.717, 1.165) is 12.2 Å². The van der Waals surface area contributed by atoms with E-state index in [1.807, 2.05) is 26.0 Å². The van der Waals surface area contributed by atoms with Crippen LogP contribution in [-0.2, 0) is 20.7 Å². The second kappa shape index (κ2) is 6.81. The Morgan fingerprint density at radius 2 is 1.92 bits per heavy atom. The molecule has 24 heavy (non-hydrogen) atoms. The van der Waals surface area contributed by atoms with Crippen LogP contribution in [0.5, 0.6) is 0 Å². The lowest BCUT2D eigenvalue weighted by Crippen LogP contribution is -2.42. The molecule has 2 bridgehead atoms. The Morgan fingerprint density at radius 1 is 1.29 bits per heavy atom. The van der Waals surface area contributed by atoms with Gasteiger partial charge in [-0.15, -0.1) is 0 Å². The second-order valence-electron chi connectivity index (χ2n) is 7.48. The van der Waals surface area contributed by atoms with Gasteiger partial charge < -0.3 is 0 Å². The number of rotatable bonds is 3. The maximum Gasteiger partial charge on any atom is 0.265 e. The van der Waals surface area contributed by atoms with Crippen molar-refractivity contribution in [3.63, 3.8) is 0 Å². The molecule has 4 nitrogen and oxygen atoms in total. The molecule has 2 saturated carbocycles. The molecule has 2 atom stereocenters. The zero-order chi connectivity index (χ0) is 18.2. The molecule has 2 aliphatic rings. The van der Waals surface area contributed by atoms with Gasteiger partial charge in [0.2, 0.25) is 0 Å². The van der Waals surface area contributed by atoms with Crippen LogP contribution in [0, 0.1) is 23.7 Å². The van der Waals surface area contributed by atoms with E-state index in [1.54, 1.807) is 0 Å². The molecular weight excluding hydrogens is 344 g/mol. The Labute approximate surface area is 150 Å². The van der Waals surface area contributed by atoms with Crippen molar-refractivity contribution in [1.29, 1.82) is 0 Å². The molecule has 0 spiro atoms. The summed E-state index contributed by atoms with van der Waals surface area (Å²) in [7, 11) is -4.08. The highest BCUT2D eigenvalue weighted by molar-refractivity contribution is 7.85. The van der Waals surface area contributed by atoms with Crippen LogP contribution in [0.1, 0.15) is 44.2 Å². The first-order valence-corrected chi connectivity index (χ1v) is 10.4. The van der Waals surface area contributed by atoms with Crippen LogP contribution in [0.25, 0.3) is 0 Å². The van der Waals surface area contributed by atoms with E-state index in [2.05, 4.69) is 31.7 Å². The zero-order valence-electron chi connectivity index (χ0n) is 14.4. The summed E-state index contributed by atoms with van der Waals surface area (Å²) in [6, 6.07) is 8.29. The van der Waals surface area contributed by atoms with Crippen LogP contribution in [0.4, 0.5) is 0 Å². The van der Waals surface area contributed by atoms with Gasteiger partial charge in [0.1, 0.15) is 5.78 Å². The third-order valence-corrected chi connectivity index (χ3v) is 7.20. The summed E-state index contributed by atoms with van der Waals surface area (Å²) in [5.41, 5.74) is 1.53. The van der Waals surface area contributed by atoms with Gasteiger partial charge in [-0.3, -0.25) is 9.35 Å². The van der Waals surface area contributed by atoms with E-state index < -0.39 is 21.3 Å². The number of hydrogen-bond donors (Lipinski definition) is 2. The first kappa shape index (κ1) is 19.5. The number of carbonyl (C=O) groups is 1. The summed E-state index contributed by atoms with van der Waals surface area (Å²) >= 11 is 4.18. The van der Waals surface area contributed by atoms with Crippen molar-refractivity contribution in [2.45, 2.75) is 45.8 Å². The molecule has 2 aliphatic carbocycles. The van der Waals surface area contributed by atoms with E-state index in [9.17, 15) is 13.2 Å². The number of ketones is 1. The highest BCUT2D eigenvalue weighted by atomic mass is 32.2. The predicted octanol–water partition coefficient (Wildman–Crippen LogP) is 3.69. The van der Waals surface area contributed by atoms with Gasteiger partial charge >= 0.3 is 0 Å². The molecule has 0 radical (unpaired) electrons. The lowest BCUT2D eigenvalue weighted by molar-refractivity contribution is -0.128. The Kier molecular flexibility index (Phi) is 5.52. The number of hydrogen-bond acceptors (Lipinski definition) is 4. The molecule has 134 valence electrons. The van der Waals surface area contributed by atoms with Crippen LogP contribution < -0.4 is 0 Å². The molecule has 1 N–H and O–H groups in total. The van der Waals surface area contributed by atoms with Crippen LogP contribution in [0.2, 0.25) is 0 Å². The molecule has 0 saturated heterocycles. The third-order valence-electron chi connectivity index (χ3n) is 6.00. The SMILES string of the molecule is CC1(C)C2CCC1(CS(=O)(=O)O)C(=O)C2.Cc1ccccc1CS. The highest BCUT2D eigenvalue weighted by Crippen LogP contribution is 2.64. The number of carbonyl (C=O) groups excluding carboxylic acids is 1. The average molecular weight is 371 g/mol. The Morgan fingerprint density at radius 3 is 2.29 bits per heavy atom. The molecule has 0 heterocycles. The molecule has 1 aromatic rings.